The second kappa shape index (κ2) is 4.89. The van der Waals surface area contributed by atoms with Crippen LogP contribution in [0.15, 0.2) is 12.1 Å². The predicted octanol–water partition coefficient (Wildman–Crippen LogP) is -0.667. The van der Waals surface area contributed by atoms with Crippen LogP contribution in [0.1, 0.15) is 10.5 Å². The Bertz CT molecular complexity index is 363. The molecule has 1 heterocycles. The van der Waals surface area contributed by atoms with Crippen LogP contribution < -0.4 is 10.6 Å². The molecule has 7 heteroatoms. The van der Waals surface area contributed by atoms with Crippen molar-refractivity contribution in [2.45, 2.75) is 0 Å². The summed E-state index contributed by atoms with van der Waals surface area (Å²) < 4.78 is 0. The van der Waals surface area contributed by atoms with E-state index in [0.29, 0.717) is 5.82 Å². The number of carbonyl (C=O) groups is 2. The topological polar surface area (TPSA) is 104 Å². The highest BCUT2D eigenvalue weighted by Gasteiger charge is 2.05. The fourth-order valence-corrected chi connectivity index (χ4v) is 0.800. The first-order valence-electron chi connectivity index (χ1n) is 4.15. The van der Waals surface area contributed by atoms with Gasteiger partial charge in [0.2, 0.25) is 5.91 Å². The summed E-state index contributed by atoms with van der Waals surface area (Å²) in [5.41, 5.74) is -0.138. The Balaban J connectivity index is 2.57. The van der Waals surface area contributed by atoms with Gasteiger partial charge in [-0.05, 0) is 12.1 Å². The first-order chi connectivity index (χ1) is 7.13. The zero-order valence-corrected chi connectivity index (χ0v) is 8.02. The normalized spacial score (nSPS) is 9.40. The Hall–Kier alpha value is -2.18. The van der Waals surface area contributed by atoms with Crippen LogP contribution in [-0.4, -0.2) is 40.8 Å². The van der Waals surface area contributed by atoms with E-state index >= 15 is 0 Å². The van der Waals surface area contributed by atoms with Crippen LogP contribution in [0.3, 0.4) is 0 Å². The molecule has 7 nitrogen and oxygen atoms in total. The van der Waals surface area contributed by atoms with E-state index < -0.39 is 5.97 Å². The molecular formula is C8H10N4O3. The van der Waals surface area contributed by atoms with Crippen molar-refractivity contribution in [3.05, 3.63) is 17.8 Å². The van der Waals surface area contributed by atoms with Gasteiger partial charge in [-0.2, -0.15) is 0 Å². The molecule has 15 heavy (non-hydrogen) atoms. The Morgan fingerprint density at radius 1 is 1.40 bits per heavy atom. The molecule has 0 fully saturated rings. The number of likely N-dealkylation sites (N-methyl/N-ethyl adjacent to an activating group) is 1. The quantitative estimate of drug-likeness (QED) is 0.609. The number of carboxylic acid groups (broad SMARTS) is 1. The lowest BCUT2D eigenvalue weighted by Gasteiger charge is -2.03. The standard InChI is InChI=1S/C8H10N4O3/c1-9-7(13)4-10-6-3-2-5(8(14)15)11-12-6/h2-3H,4H2,1H3,(H,9,13)(H,10,12)(H,14,15). The number of aromatic carboxylic acids is 1. The van der Waals surface area contributed by atoms with Crippen LogP contribution >= 0.6 is 0 Å². The predicted molar refractivity (Wildman–Crippen MR) is 51.5 cm³/mol. The van der Waals surface area contributed by atoms with E-state index in [1.54, 1.807) is 0 Å². The smallest absolute Gasteiger partial charge is 0.356 e. The maximum absolute atomic E-state index is 10.8. The monoisotopic (exact) mass is 210 g/mol. The minimum absolute atomic E-state index is 0.0671. The molecule has 0 radical (unpaired) electrons. The van der Waals surface area contributed by atoms with Gasteiger partial charge in [0.15, 0.2) is 5.69 Å². The lowest BCUT2D eigenvalue weighted by molar-refractivity contribution is -0.118. The SMILES string of the molecule is CNC(=O)CNc1ccc(C(=O)O)nn1. The Kier molecular flexibility index (Phi) is 3.55. The number of anilines is 1. The number of rotatable bonds is 4. The Labute approximate surface area is 85.5 Å². The van der Waals surface area contributed by atoms with E-state index in [2.05, 4.69) is 20.8 Å². The van der Waals surface area contributed by atoms with Crippen molar-refractivity contribution in [3.63, 3.8) is 0 Å². The number of amides is 1. The molecule has 0 aliphatic carbocycles. The largest absolute Gasteiger partial charge is 0.476 e. The summed E-state index contributed by atoms with van der Waals surface area (Å²) in [7, 11) is 1.52. The maximum atomic E-state index is 10.8. The molecule has 1 rings (SSSR count). The van der Waals surface area contributed by atoms with Gasteiger partial charge in [0.05, 0.1) is 6.54 Å². The highest BCUT2D eigenvalue weighted by Crippen LogP contribution is 2.00. The Morgan fingerprint density at radius 2 is 2.13 bits per heavy atom. The van der Waals surface area contributed by atoms with Gasteiger partial charge in [0.25, 0.3) is 0 Å². The van der Waals surface area contributed by atoms with E-state index in [4.69, 9.17) is 5.11 Å². The van der Waals surface area contributed by atoms with Gasteiger partial charge in [-0.1, -0.05) is 0 Å². The van der Waals surface area contributed by atoms with Gasteiger partial charge in [0.1, 0.15) is 5.82 Å². The van der Waals surface area contributed by atoms with E-state index in [1.165, 1.54) is 19.2 Å². The van der Waals surface area contributed by atoms with Crippen molar-refractivity contribution in [1.82, 2.24) is 15.5 Å². The molecule has 0 saturated carbocycles. The van der Waals surface area contributed by atoms with Gasteiger partial charge < -0.3 is 15.7 Å². The summed E-state index contributed by atoms with van der Waals surface area (Å²) in [5, 5.41) is 20.7. The summed E-state index contributed by atoms with van der Waals surface area (Å²) in [4.78, 5) is 21.3. The second-order valence-electron chi connectivity index (χ2n) is 2.64. The molecule has 0 atom stereocenters. The fourth-order valence-electron chi connectivity index (χ4n) is 0.800. The molecule has 0 spiro atoms. The molecule has 1 amide bonds. The second-order valence-corrected chi connectivity index (χ2v) is 2.64. The lowest BCUT2D eigenvalue weighted by Crippen LogP contribution is -2.26. The summed E-state index contributed by atoms with van der Waals surface area (Å²) in [6, 6.07) is 2.75. The van der Waals surface area contributed by atoms with Gasteiger partial charge in [-0.25, -0.2) is 4.79 Å². The lowest BCUT2D eigenvalue weighted by atomic mass is 10.4. The number of aromatic nitrogens is 2. The van der Waals surface area contributed by atoms with Crippen molar-refractivity contribution < 1.29 is 14.7 Å². The number of nitrogens with zero attached hydrogens (tertiary/aromatic N) is 2. The minimum atomic E-state index is -1.14. The summed E-state index contributed by atoms with van der Waals surface area (Å²) in [5.74, 6) is -0.983. The summed E-state index contributed by atoms with van der Waals surface area (Å²) in [6.45, 7) is 0.0671. The summed E-state index contributed by atoms with van der Waals surface area (Å²) >= 11 is 0. The van der Waals surface area contributed by atoms with Crippen LogP contribution in [0, 0.1) is 0 Å². The van der Waals surface area contributed by atoms with Crippen molar-refractivity contribution in [2.24, 2.45) is 0 Å². The third-order valence-corrected chi connectivity index (χ3v) is 1.59. The molecule has 0 bridgehead atoms. The molecule has 0 aliphatic rings. The molecule has 0 unspecified atom stereocenters. The number of hydrogen-bond donors (Lipinski definition) is 3. The van der Waals surface area contributed by atoms with Gasteiger partial charge in [-0.15, -0.1) is 10.2 Å². The highest BCUT2D eigenvalue weighted by atomic mass is 16.4. The molecule has 0 aromatic carbocycles. The van der Waals surface area contributed by atoms with E-state index in [0.717, 1.165) is 0 Å². The number of hydrogen-bond acceptors (Lipinski definition) is 5. The first-order valence-corrected chi connectivity index (χ1v) is 4.15. The zero-order valence-electron chi connectivity index (χ0n) is 8.02. The van der Waals surface area contributed by atoms with Crippen LogP contribution in [-0.2, 0) is 4.79 Å². The van der Waals surface area contributed by atoms with E-state index in [-0.39, 0.29) is 18.1 Å². The molecule has 0 saturated heterocycles. The summed E-state index contributed by atoms with van der Waals surface area (Å²) in [6.07, 6.45) is 0. The molecule has 3 N–H and O–H groups in total. The third-order valence-electron chi connectivity index (χ3n) is 1.59. The minimum Gasteiger partial charge on any atom is -0.476 e. The highest BCUT2D eigenvalue weighted by molar-refractivity contribution is 5.85. The zero-order chi connectivity index (χ0) is 11.3. The maximum Gasteiger partial charge on any atom is 0.356 e. The van der Waals surface area contributed by atoms with E-state index in [1.807, 2.05) is 0 Å². The third kappa shape index (κ3) is 3.22. The van der Waals surface area contributed by atoms with Gasteiger partial charge >= 0.3 is 5.97 Å². The molecule has 1 aromatic heterocycles. The van der Waals surface area contributed by atoms with Crippen LogP contribution in [0.2, 0.25) is 0 Å². The fraction of sp³-hybridized carbons (Fsp3) is 0.250. The number of carboxylic acids is 1. The van der Waals surface area contributed by atoms with Crippen molar-refractivity contribution in [1.29, 1.82) is 0 Å². The molecular weight excluding hydrogens is 200 g/mol. The van der Waals surface area contributed by atoms with Crippen LogP contribution in [0.4, 0.5) is 5.82 Å². The van der Waals surface area contributed by atoms with Crippen molar-refractivity contribution >= 4 is 17.7 Å². The van der Waals surface area contributed by atoms with Crippen molar-refractivity contribution in [2.75, 3.05) is 18.9 Å². The van der Waals surface area contributed by atoms with Gasteiger partial charge in [0, 0.05) is 7.05 Å². The number of carbonyl (C=O) groups excluding carboxylic acids is 1. The average molecular weight is 210 g/mol. The molecule has 80 valence electrons. The number of nitrogens with one attached hydrogen (secondary N) is 2. The van der Waals surface area contributed by atoms with Crippen LogP contribution in [0.5, 0.6) is 0 Å². The van der Waals surface area contributed by atoms with Crippen LogP contribution in [0.25, 0.3) is 0 Å². The van der Waals surface area contributed by atoms with E-state index in [9.17, 15) is 9.59 Å². The Morgan fingerprint density at radius 3 is 2.60 bits per heavy atom. The molecule has 0 aliphatic heterocycles. The van der Waals surface area contributed by atoms with Crippen molar-refractivity contribution in [3.8, 4) is 0 Å². The van der Waals surface area contributed by atoms with Gasteiger partial charge in [-0.3, -0.25) is 4.79 Å². The first kappa shape index (κ1) is 10.9. The average Bonchev–Trinajstić information content (AvgIpc) is 2.26. The molecule has 1 aromatic rings.